The highest BCUT2D eigenvalue weighted by atomic mass is 19.4. The number of hydrogen-bond donors (Lipinski definition) is 1. The van der Waals surface area contributed by atoms with Crippen molar-refractivity contribution < 1.29 is 17.7 Å². The lowest BCUT2D eigenvalue weighted by atomic mass is 10.0. The minimum absolute atomic E-state index is 0.0138. The zero-order chi connectivity index (χ0) is 12.5. The number of alkyl halides is 3. The Morgan fingerprint density at radius 1 is 1.24 bits per heavy atom. The molecule has 90 valence electrons. The van der Waals surface area contributed by atoms with Gasteiger partial charge in [-0.1, -0.05) is 23.4 Å². The number of halogens is 3. The molecule has 0 unspecified atom stereocenters. The number of nitrogens with two attached hydrogens (primary N) is 1. The second kappa shape index (κ2) is 4.12. The molecule has 0 aliphatic heterocycles. The lowest BCUT2D eigenvalue weighted by molar-refractivity contribution is -0.138. The van der Waals surface area contributed by atoms with Crippen LogP contribution in [0.1, 0.15) is 16.9 Å². The fraction of sp³-hybridized carbons (Fsp3) is 0.182. The molecule has 0 saturated carbocycles. The maximum atomic E-state index is 12.7. The van der Waals surface area contributed by atoms with E-state index in [-0.39, 0.29) is 17.8 Å². The molecule has 0 amide bonds. The standard InChI is InChI=1S/C11H9F3N2O/c12-11(13,14)9-4-2-1-3-7(9)5-8-6-10(15)16-17-8/h1-4,6H,5H2,(H2,15,16). The van der Waals surface area contributed by atoms with Crippen LogP contribution in [-0.2, 0) is 12.6 Å². The molecule has 2 N–H and O–H groups in total. The highest BCUT2D eigenvalue weighted by Crippen LogP contribution is 2.32. The molecular weight excluding hydrogens is 233 g/mol. The third-order valence-corrected chi connectivity index (χ3v) is 2.26. The fourth-order valence-electron chi connectivity index (χ4n) is 1.55. The second-order valence-corrected chi connectivity index (χ2v) is 3.55. The van der Waals surface area contributed by atoms with Crippen LogP contribution in [0.2, 0.25) is 0 Å². The summed E-state index contributed by atoms with van der Waals surface area (Å²) in [6.07, 6.45) is -4.36. The van der Waals surface area contributed by atoms with Gasteiger partial charge in [-0.3, -0.25) is 0 Å². The maximum absolute atomic E-state index is 12.7. The van der Waals surface area contributed by atoms with Gasteiger partial charge in [-0.2, -0.15) is 13.2 Å². The maximum Gasteiger partial charge on any atom is 0.416 e. The van der Waals surface area contributed by atoms with Crippen molar-refractivity contribution in [3.05, 3.63) is 47.2 Å². The molecule has 0 saturated heterocycles. The van der Waals surface area contributed by atoms with Crippen molar-refractivity contribution in [1.29, 1.82) is 0 Å². The van der Waals surface area contributed by atoms with E-state index < -0.39 is 11.7 Å². The first-order valence-corrected chi connectivity index (χ1v) is 4.83. The number of anilines is 1. The van der Waals surface area contributed by atoms with Crippen molar-refractivity contribution in [2.75, 3.05) is 5.73 Å². The van der Waals surface area contributed by atoms with Crippen molar-refractivity contribution in [1.82, 2.24) is 5.16 Å². The van der Waals surface area contributed by atoms with Gasteiger partial charge in [-0.15, -0.1) is 0 Å². The Labute approximate surface area is 95.0 Å². The first kappa shape index (κ1) is 11.5. The quantitative estimate of drug-likeness (QED) is 0.880. The number of rotatable bonds is 2. The summed E-state index contributed by atoms with van der Waals surface area (Å²) in [6.45, 7) is 0. The van der Waals surface area contributed by atoms with E-state index in [9.17, 15) is 13.2 Å². The van der Waals surface area contributed by atoms with Gasteiger partial charge in [0.05, 0.1) is 5.56 Å². The van der Waals surface area contributed by atoms with E-state index in [4.69, 9.17) is 10.3 Å². The van der Waals surface area contributed by atoms with Gasteiger partial charge in [0.1, 0.15) is 5.76 Å². The topological polar surface area (TPSA) is 52.0 Å². The number of hydrogen-bond acceptors (Lipinski definition) is 3. The number of nitrogen functional groups attached to an aromatic ring is 1. The van der Waals surface area contributed by atoms with Gasteiger partial charge < -0.3 is 10.3 Å². The third-order valence-electron chi connectivity index (χ3n) is 2.26. The predicted molar refractivity (Wildman–Crippen MR) is 55.2 cm³/mol. The van der Waals surface area contributed by atoms with Crippen LogP contribution < -0.4 is 5.73 Å². The van der Waals surface area contributed by atoms with Crippen LogP contribution >= 0.6 is 0 Å². The summed E-state index contributed by atoms with van der Waals surface area (Å²) >= 11 is 0. The van der Waals surface area contributed by atoms with Gasteiger partial charge in [-0.05, 0) is 11.6 Å². The van der Waals surface area contributed by atoms with Crippen LogP contribution in [0.4, 0.5) is 19.0 Å². The number of benzene rings is 1. The fourth-order valence-corrected chi connectivity index (χ4v) is 1.55. The summed E-state index contributed by atoms with van der Waals surface area (Å²) in [6, 6.07) is 6.75. The minimum atomic E-state index is -4.37. The van der Waals surface area contributed by atoms with E-state index in [0.29, 0.717) is 5.76 Å². The van der Waals surface area contributed by atoms with Crippen LogP contribution in [0, 0.1) is 0 Å². The van der Waals surface area contributed by atoms with Crippen LogP contribution in [0.5, 0.6) is 0 Å². The van der Waals surface area contributed by atoms with Gasteiger partial charge in [0.2, 0.25) is 0 Å². The molecule has 1 aromatic carbocycles. The van der Waals surface area contributed by atoms with Gasteiger partial charge >= 0.3 is 6.18 Å². The molecule has 0 atom stereocenters. The zero-order valence-electron chi connectivity index (χ0n) is 8.66. The minimum Gasteiger partial charge on any atom is -0.381 e. The predicted octanol–water partition coefficient (Wildman–Crippen LogP) is 2.87. The van der Waals surface area contributed by atoms with Crippen molar-refractivity contribution in [3.63, 3.8) is 0 Å². The smallest absolute Gasteiger partial charge is 0.381 e. The molecule has 0 fully saturated rings. The van der Waals surface area contributed by atoms with Crippen LogP contribution in [0.15, 0.2) is 34.9 Å². The molecule has 2 aromatic rings. The Morgan fingerprint density at radius 3 is 2.53 bits per heavy atom. The Hall–Kier alpha value is -1.98. The normalized spacial score (nSPS) is 11.7. The Balaban J connectivity index is 2.33. The summed E-state index contributed by atoms with van der Waals surface area (Å²) in [4.78, 5) is 0. The van der Waals surface area contributed by atoms with E-state index in [2.05, 4.69) is 5.16 Å². The first-order chi connectivity index (χ1) is 7.97. The Kier molecular flexibility index (Phi) is 2.79. The van der Waals surface area contributed by atoms with E-state index >= 15 is 0 Å². The van der Waals surface area contributed by atoms with Gasteiger partial charge in [0.15, 0.2) is 5.82 Å². The summed E-state index contributed by atoms with van der Waals surface area (Å²) < 4.78 is 42.8. The van der Waals surface area contributed by atoms with Gasteiger partial charge in [0, 0.05) is 12.5 Å². The number of nitrogens with zero attached hydrogens (tertiary/aromatic N) is 1. The molecular formula is C11H9F3N2O. The third kappa shape index (κ3) is 2.58. The van der Waals surface area contributed by atoms with E-state index in [1.165, 1.54) is 18.2 Å². The summed E-state index contributed by atoms with van der Waals surface area (Å²) in [5, 5.41) is 3.43. The van der Waals surface area contributed by atoms with E-state index in [1.807, 2.05) is 0 Å². The second-order valence-electron chi connectivity index (χ2n) is 3.55. The zero-order valence-corrected chi connectivity index (χ0v) is 8.66. The molecule has 0 aliphatic carbocycles. The number of aromatic nitrogens is 1. The lowest BCUT2D eigenvalue weighted by Gasteiger charge is -2.11. The highest BCUT2D eigenvalue weighted by molar-refractivity contribution is 5.35. The highest BCUT2D eigenvalue weighted by Gasteiger charge is 2.33. The first-order valence-electron chi connectivity index (χ1n) is 4.83. The van der Waals surface area contributed by atoms with Crippen molar-refractivity contribution in [2.45, 2.75) is 12.6 Å². The molecule has 2 rings (SSSR count). The van der Waals surface area contributed by atoms with Crippen LogP contribution in [0.3, 0.4) is 0 Å². The molecule has 0 spiro atoms. The average Bonchev–Trinajstić information content (AvgIpc) is 2.63. The Bertz CT molecular complexity index is 519. The van der Waals surface area contributed by atoms with E-state index in [1.54, 1.807) is 6.07 Å². The molecule has 0 aliphatic rings. The average molecular weight is 242 g/mol. The monoisotopic (exact) mass is 242 g/mol. The van der Waals surface area contributed by atoms with Crippen molar-refractivity contribution in [3.8, 4) is 0 Å². The lowest BCUT2D eigenvalue weighted by Crippen LogP contribution is -2.09. The van der Waals surface area contributed by atoms with Crippen LogP contribution in [-0.4, -0.2) is 5.16 Å². The van der Waals surface area contributed by atoms with E-state index in [0.717, 1.165) is 6.07 Å². The molecule has 6 heteroatoms. The molecule has 3 nitrogen and oxygen atoms in total. The SMILES string of the molecule is Nc1cc(Cc2ccccc2C(F)(F)F)on1. The summed E-state index contributed by atoms with van der Waals surface area (Å²) in [5.74, 6) is 0.462. The molecule has 17 heavy (non-hydrogen) atoms. The molecule has 0 radical (unpaired) electrons. The summed E-state index contributed by atoms with van der Waals surface area (Å²) in [5.41, 5.74) is 4.79. The van der Waals surface area contributed by atoms with Gasteiger partial charge in [0.25, 0.3) is 0 Å². The summed E-state index contributed by atoms with van der Waals surface area (Å²) in [7, 11) is 0. The largest absolute Gasteiger partial charge is 0.416 e. The van der Waals surface area contributed by atoms with Crippen LogP contribution in [0.25, 0.3) is 0 Å². The molecule has 1 aromatic heterocycles. The van der Waals surface area contributed by atoms with Gasteiger partial charge in [-0.25, -0.2) is 0 Å². The molecule has 0 bridgehead atoms. The van der Waals surface area contributed by atoms with Crippen molar-refractivity contribution >= 4 is 5.82 Å². The van der Waals surface area contributed by atoms with Crippen molar-refractivity contribution in [2.24, 2.45) is 0 Å². The Morgan fingerprint density at radius 2 is 1.94 bits per heavy atom. The molecule has 1 heterocycles.